The van der Waals surface area contributed by atoms with Gasteiger partial charge in [-0.3, -0.25) is 4.79 Å². The van der Waals surface area contributed by atoms with Crippen LogP contribution in [0.25, 0.3) is 0 Å². The number of nitrogens with zero attached hydrogens (tertiary/aromatic N) is 3. The Morgan fingerprint density at radius 1 is 1.05 bits per heavy atom. The summed E-state index contributed by atoms with van der Waals surface area (Å²) in [5.41, 5.74) is 0.876. The summed E-state index contributed by atoms with van der Waals surface area (Å²) in [5, 5.41) is 14.1. The molecule has 7 rings (SSSR count). The standard InChI is InChI=1S/C28H36N4O4S/c1-18-6-8-23(9-7-18)37(35,36)31-10-11-32(19(2)17-31)25-5-3-4-24(29-25)27(33)30-26-21-12-20-13-22(26)16-28(34,14-20)15-21/h3-9,19-22,26,34H,10-17H2,1-2H3,(H,30,33)/t19-,20?,21?,22?,26-,28-/m1/s1. The zero-order chi connectivity index (χ0) is 25.9. The average molecular weight is 525 g/mol. The number of aromatic nitrogens is 1. The van der Waals surface area contributed by atoms with Crippen molar-refractivity contribution in [3.8, 4) is 0 Å². The number of anilines is 1. The second-order valence-corrected chi connectivity index (χ2v) is 13.7. The van der Waals surface area contributed by atoms with Crippen LogP contribution in [0.2, 0.25) is 0 Å². The molecular formula is C28H36N4O4S. The minimum atomic E-state index is -3.56. The van der Waals surface area contributed by atoms with Crippen molar-refractivity contribution >= 4 is 21.7 Å². The van der Waals surface area contributed by atoms with E-state index in [0.717, 1.165) is 37.7 Å². The van der Waals surface area contributed by atoms with Crippen molar-refractivity contribution in [2.24, 2.45) is 17.8 Å². The predicted octanol–water partition coefficient (Wildman–Crippen LogP) is 2.96. The smallest absolute Gasteiger partial charge is 0.270 e. The van der Waals surface area contributed by atoms with Crippen LogP contribution in [0.5, 0.6) is 0 Å². The maximum atomic E-state index is 13.3. The van der Waals surface area contributed by atoms with Gasteiger partial charge in [-0.1, -0.05) is 23.8 Å². The highest BCUT2D eigenvalue weighted by Gasteiger charge is 2.55. The SMILES string of the molecule is Cc1ccc(S(=O)(=O)N2CCN(c3cccc(C(=O)N[C@H]4C5CC6CC4C[C@](O)(C6)C5)n3)[C@H](C)C2)cc1. The van der Waals surface area contributed by atoms with Gasteiger partial charge in [-0.25, -0.2) is 13.4 Å². The number of piperazine rings is 1. The Morgan fingerprint density at radius 3 is 2.41 bits per heavy atom. The van der Waals surface area contributed by atoms with Gasteiger partial charge in [-0.15, -0.1) is 0 Å². The minimum absolute atomic E-state index is 0.0926. The summed E-state index contributed by atoms with van der Waals surface area (Å²) >= 11 is 0. The molecule has 198 valence electrons. The number of amides is 1. The van der Waals surface area contributed by atoms with E-state index in [4.69, 9.17) is 4.98 Å². The number of rotatable bonds is 5. The number of carbonyl (C=O) groups excluding carboxylic acids is 1. The number of benzene rings is 1. The minimum Gasteiger partial charge on any atom is -0.390 e. The second-order valence-electron chi connectivity index (χ2n) is 11.8. The topological polar surface area (TPSA) is 103 Å². The molecule has 1 amide bonds. The van der Waals surface area contributed by atoms with Gasteiger partial charge >= 0.3 is 0 Å². The van der Waals surface area contributed by atoms with Crippen molar-refractivity contribution in [2.45, 2.75) is 68.5 Å². The lowest BCUT2D eigenvalue weighted by Crippen LogP contribution is -2.61. The fourth-order valence-corrected chi connectivity index (χ4v) is 9.01. The Labute approximate surface area is 219 Å². The number of pyridine rings is 1. The van der Waals surface area contributed by atoms with Crippen LogP contribution in [0, 0.1) is 24.7 Å². The number of sulfonamides is 1. The molecule has 4 aliphatic carbocycles. The van der Waals surface area contributed by atoms with Crippen molar-refractivity contribution in [2.75, 3.05) is 24.5 Å². The summed E-state index contributed by atoms with van der Waals surface area (Å²) in [5.74, 6) is 1.79. The summed E-state index contributed by atoms with van der Waals surface area (Å²) in [6, 6.07) is 12.4. The Morgan fingerprint density at radius 2 is 1.76 bits per heavy atom. The van der Waals surface area contributed by atoms with Gasteiger partial charge < -0.3 is 15.3 Å². The van der Waals surface area contributed by atoms with Gasteiger partial charge in [0, 0.05) is 31.7 Å². The highest BCUT2D eigenvalue weighted by atomic mass is 32.2. The lowest BCUT2D eigenvalue weighted by molar-refractivity contribution is -0.136. The molecule has 2 heterocycles. The number of nitrogens with one attached hydrogen (secondary N) is 1. The lowest BCUT2D eigenvalue weighted by Gasteiger charge is -2.58. The third kappa shape index (κ3) is 4.55. The van der Waals surface area contributed by atoms with Gasteiger partial charge in [0.2, 0.25) is 10.0 Å². The van der Waals surface area contributed by atoms with Crippen molar-refractivity contribution in [3.05, 3.63) is 53.7 Å². The molecule has 4 bridgehead atoms. The predicted molar refractivity (Wildman–Crippen MR) is 141 cm³/mol. The molecule has 9 heteroatoms. The molecule has 1 saturated heterocycles. The monoisotopic (exact) mass is 524 g/mol. The molecule has 2 unspecified atom stereocenters. The molecule has 5 fully saturated rings. The van der Waals surface area contributed by atoms with Crippen LogP contribution in [0.4, 0.5) is 5.82 Å². The number of hydrogen-bond acceptors (Lipinski definition) is 6. The van der Waals surface area contributed by atoms with Crippen molar-refractivity contribution < 1.29 is 18.3 Å². The summed E-state index contributed by atoms with van der Waals surface area (Å²) in [4.78, 5) is 20.3. The van der Waals surface area contributed by atoms with Gasteiger partial charge in [0.1, 0.15) is 11.5 Å². The first-order valence-corrected chi connectivity index (χ1v) is 14.9. The van der Waals surface area contributed by atoms with Crippen LogP contribution in [0.3, 0.4) is 0 Å². The molecule has 2 N–H and O–H groups in total. The van der Waals surface area contributed by atoms with E-state index in [1.165, 1.54) is 4.31 Å². The first-order chi connectivity index (χ1) is 17.6. The Bertz CT molecular complexity index is 1280. The van der Waals surface area contributed by atoms with Crippen molar-refractivity contribution in [1.29, 1.82) is 0 Å². The molecule has 1 aromatic carbocycles. The van der Waals surface area contributed by atoms with E-state index in [1.54, 1.807) is 18.2 Å². The molecule has 3 atom stereocenters. The largest absolute Gasteiger partial charge is 0.390 e. The van der Waals surface area contributed by atoms with Gasteiger partial charge in [0.05, 0.1) is 10.5 Å². The zero-order valence-electron chi connectivity index (χ0n) is 21.5. The van der Waals surface area contributed by atoms with Crippen molar-refractivity contribution in [1.82, 2.24) is 14.6 Å². The van der Waals surface area contributed by atoms with E-state index in [0.29, 0.717) is 53.8 Å². The van der Waals surface area contributed by atoms with Gasteiger partial charge in [0.15, 0.2) is 0 Å². The molecular weight excluding hydrogens is 488 g/mol. The highest BCUT2D eigenvalue weighted by Crippen LogP contribution is 2.55. The van der Waals surface area contributed by atoms with Crippen LogP contribution in [-0.2, 0) is 10.0 Å². The molecule has 5 aliphatic rings. The van der Waals surface area contributed by atoms with Gasteiger partial charge in [0.25, 0.3) is 5.91 Å². The van der Waals surface area contributed by atoms with Crippen LogP contribution < -0.4 is 10.2 Å². The Kier molecular flexibility index (Phi) is 6.08. The van der Waals surface area contributed by atoms with E-state index in [1.807, 2.05) is 38.1 Å². The molecule has 0 radical (unpaired) electrons. The quantitative estimate of drug-likeness (QED) is 0.624. The van der Waals surface area contributed by atoms with Crippen LogP contribution >= 0.6 is 0 Å². The number of aliphatic hydroxyl groups is 1. The van der Waals surface area contributed by atoms with Crippen molar-refractivity contribution in [3.63, 3.8) is 0 Å². The average Bonchev–Trinajstić information content (AvgIpc) is 2.85. The number of hydrogen-bond donors (Lipinski definition) is 2. The Balaban J connectivity index is 1.13. The Hall–Kier alpha value is -2.49. The third-order valence-corrected chi connectivity index (χ3v) is 10.9. The van der Waals surface area contributed by atoms with E-state index in [2.05, 4.69) is 10.2 Å². The molecule has 4 saturated carbocycles. The molecule has 2 aromatic rings. The lowest BCUT2D eigenvalue weighted by atomic mass is 9.52. The second kappa shape index (κ2) is 9.06. The normalized spacial score (nSPS) is 33.5. The summed E-state index contributed by atoms with van der Waals surface area (Å²) in [6.45, 7) is 5.13. The number of aryl methyl sites for hydroxylation is 1. The molecule has 8 nitrogen and oxygen atoms in total. The summed E-state index contributed by atoms with van der Waals surface area (Å²) in [6.07, 6.45) is 4.66. The van der Waals surface area contributed by atoms with E-state index < -0.39 is 15.6 Å². The fraction of sp³-hybridized carbons (Fsp3) is 0.571. The summed E-state index contributed by atoms with van der Waals surface area (Å²) < 4.78 is 27.9. The maximum absolute atomic E-state index is 13.3. The van der Waals surface area contributed by atoms with Crippen LogP contribution in [0.1, 0.15) is 55.1 Å². The molecule has 0 spiro atoms. The van der Waals surface area contributed by atoms with E-state index in [9.17, 15) is 18.3 Å². The maximum Gasteiger partial charge on any atom is 0.270 e. The fourth-order valence-electron chi connectivity index (χ4n) is 7.49. The van der Waals surface area contributed by atoms with E-state index in [-0.39, 0.29) is 18.0 Å². The first kappa shape index (κ1) is 24.8. The molecule has 37 heavy (non-hydrogen) atoms. The van der Waals surface area contributed by atoms with Crippen LogP contribution in [0.15, 0.2) is 47.4 Å². The van der Waals surface area contributed by atoms with Gasteiger partial charge in [-0.2, -0.15) is 4.31 Å². The highest BCUT2D eigenvalue weighted by molar-refractivity contribution is 7.89. The van der Waals surface area contributed by atoms with Gasteiger partial charge in [-0.05, 0) is 88.0 Å². The number of carbonyl (C=O) groups is 1. The summed E-state index contributed by atoms with van der Waals surface area (Å²) in [7, 11) is -3.56. The first-order valence-electron chi connectivity index (χ1n) is 13.5. The van der Waals surface area contributed by atoms with E-state index >= 15 is 0 Å². The zero-order valence-corrected chi connectivity index (χ0v) is 22.3. The molecule has 1 aromatic heterocycles. The van der Waals surface area contributed by atoms with Crippen LogP contribution in [-0.4, -0.2) is 66.0 Å². The third-order valence-electron chi connectivity index (χ3n) is 9.05. The molecule has 1 aliphatic heterocycles.